The molecule has 5 heteroatoms. The Morgan fingerprint density at radius 1 is 1.43 bits per heavy atom. The second-order valence-corrected chi connectivity index (χ2v) is 4.35. The van der Waals surface area contributed by atoms with Crippen LogP contribution in [0.4, 0.5) is 4.79 Å². The molecule has 74 valence electrons. The van der Waals surface area contributed by atoms with E-state index in [9.17, 15) is 4.79 Å². The summed E-state index contributed by atoms with van der Waals surface area (Å²) in [6, 6.07) is 7.16. The number of halogens is 2. The van der Waals surface area contributed by atoms with Gasteiger partial charge in [0.2, 0.25) is 4.46 Å². The van der Waals surface area contributed by atoms with E-state index in [4.69, 9.17) is 28.3 Å². The lowest BCUT2D eigenvalue weighted by Crippen LogP contribution is -2.35. The molecule has 0 unspecified atom stereocenters. The minimum atomic E-state index is -1.46. The first-order valence-corrected chi connectivity index (χ1v) is 4.76. The molecule has 0 spiro atoms. The van der Waals surface area contributed by atoms with E-state index in [0.717, 1.165) is 10.5 Å². The van der Waals surface area contributed by atoms with Crippen molar-refractivity contribution in [1.82, 2.24) is 4.90 Å². The van der Waals surface area contributed by atoms with Gasteiger partial charge in [-0.3, -0.25) is 4.90 Å². The van der Waals surface area contributed by atoms with Crippen molar-refractivity contribution >= 4 is 29.3 Å². The normalized spacial score (nSPS) is 18.0. The molecule has 0 fully saturated rings. The van der Waals surface area contributed by atoms with E-state index < -0.39 is 10.6 Å². The Balaban J connectivity index is 2.50. The molecule has 1 N–H and O–H groups in total. The summed E-state index contributed by atoms with van der Waals surface area (Å²) in [4.78, 5) is 11.8. The Kier molecular flexibility index (Phi) is 2.09. The van der Waals surface area contributed by atoms with Gasteiger partial charge in [-0.1, -0.05) is 47.5 Å². The highest BCUT2D eigenvalue weighted by Crippen LogP contribution is 2.45. The van der Waals surface area contributed by atoms with Crippen molar-refractivity contribution in [3.63, 3.8) is 0 Å². The van der Waals surface area contributed by atoms with Gasteiger partial charge < -0.3 is 5.11 Å². The van der Waals surface area contributed by atoms with Gasteiger partial charge in [0, 0.05) is 5.56 Å². The third-order valence-corrected chi connectivity index (χ3v) is 3.06. The molecule has 2 rings (SSSR count). The van der Waals surface area contributed by atoms with Crippen molar-refractivity contribution < 1.29 is 9.90 Å². The fourth-order valence-corrected chi connectivity index (χ4v) is 2.19. The second-order valence-electron chi connectivity index (χ2n) is 3.07. The van der Waals surface area contributed by atoms with Gasteiger partial charge in [0.1, 0.15) is 0 Å². The fourth-order valence-electron chi connectivity index (χ4n) is 1.55. The Morgan fingerprint density at radius 3 is 2.64 bits per heavy atom. The molecule has 0 saturated carbocycles. The predicted molar refractivity (Wildman–Crippen MR) is 53.4 cm³/mol. The van der Waals surface area contributed by atoms with Crippen LogP contribution in [0.5, 0.6) is 0 Å². The number of nitrogens with zero attached hydrogens (tertiary/aromatic N) is 1. The number of hydrogen-bond donors (Lipinski definition) is 1. The molecular formula is C9H7Cl2NO2. The van der Waals surface area contributed by atoms with Crippen LogP contribution in [-0.2, 0) is 11.0 Å². The molecule has 14 heavy (non-hydrogen) atoms. The number of hydrogen-bond acceptors (Lipinski definition) is 1. The predicted octanol–water partition coefficient (Wildman–Crippen LogP) is 2.77. The maximum absolute atomic E-state index is 10.8. The maximum atomic E-state index is 10.8. The molecule has 0 atom stereocenters. The number of alkyl halides is 2. The number of rotatable bonds is 0. The van der Waals surface area contributed by atoms with Crippen LogP contribution >= 0.6 is 23.2 Å². The number of carboxylic acid groups (broad SMARTS) is 1. The number of benzene rings is 1. The van der Waals surface area contributed by atoms with Crippen molar-refractivity contribution in [2.75, 3.05) is 0 Å². The highest BCUT2D eigenvalue weighted by molar-refractivity contribution is 6.48. The average molecular weight is 232 g/mol. The Hall–Kier alpha value is -0.930. The van der Waals surface area contributed by atoms with Crippen molar-refractivity contribution in [1.29, 1.82) is 0 Å². The molecule has 1 aliphatic heterocycles. The van der Waals surface area contributed by atoms with Crippen LogP contribution in [0.25, 0.3) is 0 Å². The van der Waals surface area contributed by atoms with E-state index in [2.05, 4.69) is 0 Å². The summed E-state index contributed by atoms with van der Waals surface area (Å²) < 4.78 is -1.46. The van der Waals surface area contributed by atoms with E-state index >= 15 is 0 Å². The van der Waals surface area contributed by atoms with E-state index in [1.807, 2.05) is 12.1 Å². The largest absolute Gasteiger partial charge is 0.465 e. The van der Waals surface area contributed by atoms with Crippen LogP contribution in [0, 0.1) is 0 Å². The molecule has 1 aromatic carbocycles. The zero-order valence-electron chi connectivity index (χ0n) is 7.08. The van der Waals surface area contributed by atoms with Gasteiger partial charge in [-0.15, -0.1) is 0 Å². The van der Waals surface area contributed by atoms with Gasteiger partial charge in [0.25, 0.3) is 0 Å². The zero-order valence-corrected chi connectivity index (χ0v) is 8.59. The van der Waals surface area contributed by atoms with Crippen LogP contribution in [0.1, 0.15) is 11.1 Å². The lowest BCUT2D eigenvalue weighted by molar-refractivity contribution is 0.135. The molecular weight excluding hydrogens is 225 g/mol. The molecule has 0 aliphatic carbocycles. The molecule has 1 aliphatic rings. The third kappa shape index (κ3) is 1.24. The lowest BCUT2D eigenvalue weighted by Gasteiger charge is -2.24. The molecule has 0 aromatic heterocycles. The van der Waals surface area contributed by atoms with Gasteiger partial charge in [-0.05, 0) is 5.56 Å². The summed E-state index contributed by atoms with van der Waals surface area (Å²) in [5.41, 5.74) is 1.49. The summed E-state index contributed by atoms with van der Waals surface area (Å²) in [5.74, 6) is 0. The SMILES string of the molecule is O=C(O)N1Cc2ccccc2C1(Cl)Cl. The number of carbonyl (C=O) groups is 1. The highest BCUT2D eigenvalue weighted by Gasteiger charge is 2.44. The van der Waals surface area contributed by atoms with Crippen LogP contribution in [0.15, 0.2) is 24.3 Å². The zero-order chi connectivity index (χ0) is 10.3. The lowest BCUT2D eigenvalue weighted by atomic mass is 10.1. The monoisotopic (exact) mass is 231 g/mol. The molecule has 0 saturated heterocycles. The summed E-state index contributed by atoms with van der Waals surface area (Å²) in [7, 11) is 0. The summed E-state index contributed by atoms with van der Waals surface area (Å²) in [6.45, 7) is 0.235. The van der Waals surface area contributed by atoms with E-state index in [0.29, 0.717) is 5.56 Å². The third-order valence-electron chi connectivity index (χ3n) is 2.24. The number of fused-ring (bicyclic) bond motifs is 1. The molecule has 0 radical (unpaired) electrons. The smallest absolute Gasteiger partial charge is 0.410 e. The first-order chi connectivity index (χ1) is 6.53. The highest BCUT2D eigenvalue weighted by atomic mass is 35.5. The van der Waals surface area contributed by atoms with Gasteiger partial charge in [-0.2, -0.15) is 0 Å². The topological polar surface area (TPSA) is 40.5 Å². The molecule has 1 amide bonds. The Labute approximate surface area is 90.8 Å². The maximum Gasteiger partial charge on any atom is 0.410 e. The Bertz CT molecular complexity index is 392. The molecule has 1 aromatic rings. The van der Waals surface area contributed by atoms with Crippen molar-refractivity contribution in [3.8, 4) is 0 Å². The minimum absolute atomic E-state index is 0.235. The van der Waals surface area contributed by atoms with Crippen molar-refractivity contribution in [3.05, 3.63) is 35.4 Å². The van der Waals surface area contributed by atoms with Crippen LogP contribution in [0.3, 0.4) is 0 Å². The van der Waals surface area contributed by atoms with Gasteiger partial charge in [0.15, 0.2) is 0 Å². The van der Waals surface area contributed by atoms with Crippen molar-refractivity contribution in [2.24, 2.45) is 0 Å². The summed E-state index contributed by atoms with van der Waals surface area (Å²) in [6.07, 6.45) is -1.12. The van der Waals surface area contributed by atoms with Gasteiger partial charge in [-0.25, -0.2) is 4.79 Å². The minimum Gasteiger partial charge on any atom is -0.465 e. The van der Waals surface area contributed by atoms with E-state index in [1.54, 1.807) is 12.1 Å². The number of amides is 1. The second kappa shape index (κ2) is 3.04. The molecule has 0 bridgehead atoms. The summed E-state index contributed by atoms with van der Waals surface area (Å²) >= 11 is 11.9. The van der Waals surface area contributed by atoms with E-state index in [1.165, 1.54) is 0 Å². The van der Waals surface area contributed by atoms with Crippen molar-refractivity contribution in [2.45, 2.75) is 11.0 Å². The quantitative estimate of drug-likeness (QED) is 0.551. The summed E-state index contributed by atoms with van der Waals surface area (Å²) in [5, 5.41) is 8.88. The van der Waals surface area contributed by atoms with Crippen LogP contribution < -0.4 is 0 Å². The first kappa shape index (κ1) is 9.62. The standard InChI is InChI=1S/C9H7Cl2NO2/c10-9(11)7-4-2-1-3-6(7)5-12(9)8(13)14/h1-4H,5H2,(H,13,14). The Morgan fingerprint density at radius 2 is 2.07 bits per heavy atom. The average Bonchev–Trinajstić information content (AvgIpc) is 2.39. The van der Waals surface area contributed by atoms with Gasteiger partial charge in [0.05, 0.1) is 6.54 Å². The molecule has 1 heterocycles. The first-order valence-electron chi connectivity index (χ1n) is 4.00. The van der Waals surface area contributed by atoms with Gasteiger partial charge >= 0.3 is 6.09 Å². The molecule has 3 nitrogen and oxygen atoms in total. The van der Waals surface area contributed by atoms with E-state index in [-0.39, 0.29) is 6.54 Å². The fraction of sp³-hybridized carbons (Fsp3) is 0.222. The van der Waals surface area contributed by atoms with Crippen LogP contribution in [-0.4, -0.2) is 16.1 Å². The van der Waals surface area contributed by atoms with Crippen LogP contribution in [0.2, 0.25) is 0 Å².